The molecule has 1 aliphatic carbocycles. The SMILES string of the molecule is CCC/C=C/C(C(=O)NC1(c2ccc3c(c2)OCO3)C[C@H]1C(=O)O)n1cccc(Cc2ccccc2)c1=O. The highest BCUT2D eigenvalue weighted by Gasteiger charge is 2.61. The monoisotopic (exact) mass is 514 g/mol. The van der Waals surface area contributed by atoms with Crippen molar-refractivity contribution in [2.45, 2.75) is 44.2 Å². The van der Waals surface area contributed by atoms with Gasteiger partial charge in [0.2, 0.25) is 12.7 Å². The molecule has 2 N–H and O–H groups in total. The van der Waals surface area contributed by atoms with Crippen molar-refractivity contribution in [3.8, 4) is 11.5 Å². The first kappa shape index (κ1) is 25.3. The molecule has 1 aliphatic heterocycles. The summed E-state index contributed by atoms with van der Waals surface area (Å²) in [5.74, 6) is -1.16. The maximum Gasteiger partial charge on any atom is 0.309 e. The second-order valence-electron chi connectivity index (χ2n) is 9.69. The predicted molar refractivity (Wildman–Crippen MR) is 141 cm³/mol. The zero-order valence-electron chi connectivity index (χ0n) is 21.1. The second kappa shape index (κ2) is 10.6. The molecule has 0 spiro atoms. The number of pyridine rings is 1. The van der Waals surface area contributed by atoms with Gasteiger partial charge in [-0.3, -0.25) is 19.0 Å². The van der Waals surface area contributed by atoms with Gasteiger partial charge < -0.3 is 19.9 Å². The summed E-state index contributed by atoms with van der Waals surface area (Å²) in [7, 11) is 0. The molecule has 0 saturated heterocycles. The minimum absolute atomic E-state index is 0.0903. The van der Waals surface area contributed by atoms with Crippen LogP contribution in [0.25, 0.3) is 0 Å². The Morgan fingerprint density at radius 2 is 1.92 bits per heavy atom. The number of allylic oxidation sites excluding steroid dienone is 1. The number of carboxylic acid groups (broad SMARTS) is 1. The molecule has 38 heavy (non-hydrogen) atoms. The van der Waals surface area contributed by atoms with Crippen molar-refractivity contribution in [1.29, 1.82) is 0 Å². The van der Waals surface area contributed by atoms with Crippen LogP contribution in [0.4, 0.5) is 0 Å². The normalized spacial score (nSPS) is 20.3. The molecule has 2 aromatic carbocycles. The lowest BCUT2D eigenvalue weighted by Gasteiger charge is -2.24. The van der Waals surface area contributed by atoms with E-state index in [4.69, 9.17) is 9.47 Å². The van der Waals surface area contributed by atoms with Crippen LogP contribution in [0.3, 0.4) is 0 Å². The van der Waals surface area contributed by atoms with Crippen LogP contribution in [0.1, 0.15) is 48.9 Å². The molecular weight excluding hydrogens is 484 g/mol. The van der Waals surface area contributed by atoms with Crippen LogP contribution in [-0.2, 0) is 21.5 Å². The first-order chi connectivity index (χ1) is 18.4. The summed E-state index contributed by atoms with van der Waals surface area (Å²) < 4.78 is 12.3. The summed E-state index contributed by atoms with van der Waals surface area (Å²) in [5, 5.41) is 12.8. The molecule has 0 radical (unpaired) electrons. The molecule has 1 aromatic heterocycles. The van der Waals surface area contributed by atoms with Gasteiger partial charge in [-0.2, -0.15) is 0 Å². The van der Waals surface area contributed by atoms with Gasteiger partial charge in [0.05, 0.1) is 11.5 Å². The molecule has 2 heterocycles. The number of hydrogen-bond acceptors (Lipinski definition) is 5. The molecule has 1 amide bonds. The Hall–Kier alpha value is -4.33. The number of carboxylic acids is 1. The predicted octanol–water partition coefficient (Wildman–Crippen LogP) is 4.18. The molecule has 8 heteroatoms. The van der Waals surface area contributed by atoms with Gasteiger partial charge in [0.25, 0.3) is 5.56 Å². The summed E-state index contributed by atoms with van der Waals surface area (Å²) in [6.45, 7) is 2.12. The number of unbranched alkanes of at least 4 members (excludes halogenated alkanes) is 1. The molecule has 1 fully saturated rings. The van der Waals surface area contributed by atoms with E-state index in [-0.39, 0.29) is 18.8 Å². The summed E-state index contributed by atoms with van der Waals surface area (Å²) in [5.41, 5.74) is 0.824. The van der Waals surface area contributed by atoms with E-state index in [9.17, 15) is 19.5 Å². The molecule has 8 nitrogen and oxygen atoms in total. The fourth-order valence-corrected chi connectivity index (χ4v) is 4.98. The van der Waals surface area contributed by atoms with Crippen LogP contribution in [0, 0.1) is 5.92 Å². The lowest BCUT2D eigenvalue weighted by molar-refractivity contribution is -0.139. The van der Waals surface area contributed by atoms with E-state index in [0.717, 1.165) is 18.4 Å². The molecule has 196 valence electrons. The molecule has 3 aromatic rings. The number of rotatable bonds is 10. The van der Waals surface area contributed by atoms with Crippen LogP contribution in [0.2, 0.25) is 0 Å². The minimum Gasteiger partial charge on any atom is -0.481 e. The fourth-order valence-electron chi connectivity index (χ4n) is 4.98. The standard InChI is InChI=1S/C30H30N2O6/c1-2-3-5-12-24(32-15-8-11-21(28(32)34)16-20-9-6-4-7-10-20)27(33)31-30(18-23(30)29(35)36)22-13-14-25-26(17-22)38-19-37-25/h4-15,17,23-24H,2-3,16,18-19H2,1H3,(H,31,33)(H,35,36)/b12-5+/t23-,24?,30?/m0/s1. The third-order valence-corrected chi connectivity index (χ3v) is 7.13. The van der Waals surface area contributed by atoms with Crippen molar-refractivity contribution in [2.24, 2.45) is 5.92 Å². The van der Waals surface area contributed by atoms with Crippen LogP contribution in [-0.4, -0.2) is 28.3 Å². The summed E-state index contributed by atoms with van der Waals surface area (Å²) >= 11 is 0. The third kappa shape index (κ3) is 4.94. The number of fused-ring (bicyclic) bond motifs is 1. The highest BCUT2D eigenvalue weighted by Crippen LogP contribution is 2.54. The Morgan fingerprint density at radius 3 is 2.66 bits per heavy atom. The van der Waals surface area contributed by atoms with Gasteiger partial charge in [0.15, 0.2) is 11.5 Å². The smallest absolute Gasteiger partial charge is 0.309 e. The Labute approximate surface area is 220 Å². The number of nitrogens with one attached hydrogen (secondary N) is 1. The number of nitrogens with zero attached hydrogens (tertiary/aromatic N) is 1. The van der Waals surface area contributed by atoms with Crippen molar-refractivity contribution >= 4 is 11.9 Å². The fraction of sp³-hybridized carbons (Fsp3) is 0.300. The topological polar surface area (TPSA) is 107 Å². The van der Waals surface area contributed by atoms with Crippen LogP contribution < -0.4 is 20.3 Å². The van der Waals surface area contributed by atoms with Crippen molar-refractivity contribution in [1.82, 2.24) is 9.88 Å². The quantitative estimate of drug-likeness (QED) is 0.393. The van der Waals surface area contributed by atoms with Gasteiger partial charge in [-0.25, -0.2) is 0 Å². The number of aromatic nitrogens is 1. The molecule has 5 rings (SSSR count). The van der Waals surface area contributed by atoms with Gasteiger partial charge in [0.1, 0.15) is 6.04 Å². The van der Waals surface area contributed by atoms with E-state index >= 15 is 0 Å². The number of carbonyl (C=O) groups excluding carboxylic acids is 1. The van der Waals surface area contributed by atoms with Gasteiger partial charge in [0, 0.05) is 18.2 Å². The van der Waals surface area contributed by atoms with Crippen molar-refractivity contribution in [3.05, 3.63) is 106 Å². The van der Waals surface area contributed by atoms with Crippen LogP contribution in [0.15, 0.2) is 83.8 Å². The van der Waals surface area contributed by atoms with E-state index in [0.29, 0.717) is 29.0 Å². The molecule has 2 aliphatic rings. The minimum atomic E-state index is -1.11. The maximum absolute atomic E-state index is 13.8. The molecule has 1 saturated carbocycles. The van der Waals surface area contributed by atoms with Gasteiger partial charge in [-0.05, 0) is 42.2 Å². The zero-order chi connectivity index (χ0) is 26.7. The number of ether oxygens (including phenoxy) is 2. The first-order valence-corrected chi connectivity index (χ1v) is 12.8. The van der Waals surface area contributed by atoms with E-state index in [2.05, 4.69) is 5.32 Å². The van der Waals surface area contributed by atoms with Crippen molar-refractivity contribution in [2.75, 3.05) is 6.79 Å². The average molecular weight is 515 g/mol. The van der Waals surface area contributed by atoms with Gasteiger partial charge >= 0.3 is 5.97 Å². The van der Waals surface area contributed by atoms with Crippen molar-refractivity contribution < 1.29 is 24.2 Å². The van der Waals surface area contributed by atoms with E-state index in [1.807, 2.05) is 43.3 Å². The lowest BCUT2D eigenvalue weighted by atomic mass is 10.0. The highest BCUT2D eigenvalue weighted by atomic mass is 16.7. The maximum atomic E-state index is 13.8. The average Bonchev–Trinajstić information content (AvgIpc) is 3.46. The Bertz CT molecular complexity index is 1430. The van der Waals surface area contributed by atoms with E-state index < -0.39 is 29.4 Å². The Morgan fingerprint density at radius 1 is 1.13 bits per heavy atom. The molecular formula is C30H30N2O6. The Kier molecular flexibility index (Phi) is 7.05. The molecule has 2 unspecified atom stereocenters. The third-order valence-electron chi connectivity index (χ3n) is 7.13. The van der Waals surface area contributed by atoms with E-state index in [1.54, 1.807) is 42.6 Å². The molecule has 0 bridgehead atoms. The second-order valence-corrected chi connectivity index (χ2v) is 9.69. The lowest BCUT2D eigenvalue weighted by Crippen LogP contribution is -2.43. The van der Waals surface area contributed by atoms with Gasteiger partial charge in [-0.1, -0.05) is 68.0 Å². The van der Waals surface area contributed by atoms with Crippen LogP contribution >= 0.6 is 0 Å². The first-order valence-electron chi connectivity index (χ1n) is 12.8. The summed E-state index contributed by atoms with van der Waals surface area (Å²) in [6, 6.07) is 17.5. The summed E-state index contributed by atoms with van der Waals surface area (Å²) in [4.78, 5) is 39.4. The highest BCUT2D eigenvalue weighted by molar-refractivity contribution is 5.86. The largest absolute Gasteiger partial charge is 0.481 e. The van der Waals surface area contributed by atoms with Gasteiger partial charge in [-0.15, -0.1) is 0 Å². The number of amides is 1. The molecule has 3 atom stereocenters. The zero-order valence-corrected chi connectivity index (χ0v) is 21.1. The number of benzene rings is 2. The summed E-state index contributed by atoms with van der Waals surface area (Å²) in [6.07, 6.45) is 7.51. The number of hydrogen-bond donors (Lipinski definition) is 2. The Balaban J connectivity index is 1.48. The number of aliphatic carboxylic acids is 1. The number of carbonyl (C=O) groups is 2. The van der Waals surface area contributed by atoms with Crippen molar-refractivity contribution in [3.63, 3.8) is 0 Å². The van der Waals surface area contributed by atoms with E-state index in [1.165, 1.54) is 4.57 Å². The van der Waals surface area contributed by atoms with Crippen LogP contribution in [0.5, 0.6) is 11.5 Å².